The Morgan fingerprint density at radius 3 is 2.67 bits per heavy atom. The maximum Gasteiger partial charge on any atom is 0.0716 e. The second-order valence-corrected chi connectivity index (χ2v) is 4.04. The number of halogens is 2. The van der Waals surface area contributed by atoms with E-state index in [4.69, 9.17) is 28.5 Å². The molecule has 78 valence electrons. The van der Waals surface area contributed by atoms with E-state index >= 15 is 0 Å². The Kier molecular flexibility index (Phi) is 4.68. The van der Waals surface area contributed by atoms with Crippen molar-refractivity contribution in [3.63, 3.8) is 0 Å². The Bertz CT molecular complexity index is 393. The number of hydrogen-bond donors (Lipinski definition) is 0. The van der Waals surface area contributed by atoms with Crippen LogP contribution in [0.4, 0.5) is 0 Å². The SMILES string of the molecule is C=CCCC(C#N)c1ccc(Cl)c(Cl)c1. The monoisotopic (exact) mass is 239 g/mol. The van der Waals surface area contributed by atoms with E-state index in [0.717, 1.165) is 18.4 Å². The highest BCUT2D eigenvalue weighted by Crippen LogP contribution is 2.28. The first-order valence-corrected chi connectivity index (χ1v) is 5.40. The van der Waals surface area contributed by atoms with Gasteiger partial charge in [-0.05, 0) is 30.5 Å². The highest BCUT2D eigenvalue weighted by molar-refractivity contribution is 6.42. The summed E-state index contributed by atoms with van der Waals surface area (Å²) in [6.07, 6.45) is 3.39. The molecule has 0 aliphatic carbocycles. The normalized spacial score (nSPS) is 11.8. The second kappa shape index (κ2) is 5.80. The van der Waals surface area contributed by atoms with Crippen LogP contribution in [0.5, 0.6) is 0 Å². The van der Waals surface area contributed by atoms with Gasteiger partial charge in [0.1, 0.15) is 0 Å². The fourth-order valence-electron chi connectivity index (χ4n) is 1.32. The summed E-state index contributed by atoms with van der Waals surface area (Å²) in [4.78, 5) is 0. The molecule has 0 N–H and O–H groups in total. The maximum absolute atomic E-state index is 9.01. The smallest absolute Gasteiger partial charge is 0.0716 e. The van der Waals surface area contributed by atoms with Gasteiger partial charge < -0.3 is 0 Å². The summed E-state index contributed by atoms with van der Waals surface area (Å²) in [5.41, 5.74) is 0.911. The molecule has 1 rings (SSSR count). The van der Waals surface area contributed by atoms with Gasteiger partial charge in [-0.15, -0.1) is 6.58 Å². The van der Waals surface area contributed by atoms with Crippen LogP contribution in [-0.2, 0) is 0 Å². The molecule has 0 spiro atoms. The minimum atomic E-state index is -0.141. The van der Waals surface area contributed by atoms with E-state index in [2.05, 4.69) is 12.6 Å². The third-order valence-corrected chi connectivity index (χ3v) is 2.90. The van der Waals surface area contributed by atoms with E-state index < -0.39 is 0 Å². The fraction of sp³-hybridized carbons (Fsp3) is 0.250. The first kappa shape index (κ1) is 12.1. The molecule has 1 aromatic rings. The Labute approximate surface area is 99.9 Å². The number of nitriles is 1. The largest absolute Gasteiger partial charge is 0.198 e. The van der Waals surface area contributed by atoms with Gasteiger partial charge in [0, 0.05) is 0 Å². The summed E-state index contributed by atoms with van der Waals surface area (Å²) in [7, 11) is 0. The van der Waals surface area contributed by atoms with Crippen molar-refractivity contribution in [3.05, 3.63) is 46.5 Å². The minimum absolute atomic E-state index is 0.141. The molecule has 0 heterocycles. The number of allylic oxidation sites excluding steroid dienone is 1. The van der Waals surface area contributed by atoms with Gasteiger partial charge >= 0.3 is 0 Å². The summed E-state index contributed by atoms with van der Waals surface area (Å²) in [6, 6.07) is 7.56. The topological polar surface area (TPSA) is 23.8 Å². The first-order valence-electron chi connectivity index (χ1n) is 4.64. The summed E-state index contributed by atoms with van der Waals surface area (Å²) in [6.45, 7) is 3.64. The van der Waals surface area contributed by atoms with Crippen molar-refractivity contribution in [3.8, 4) is 6.07 Å². The van der Waals surface area contributed by atoms with Crippen LogP contribution in [0.25, 0.3) is 0 Å². The maximum atomic E-state index is 9.01. The third-order valence-electron chi connectivity index (χ3n) is 2.16. The van der Waals surface area contributed by atoms with Crippen molar-refractivity contribution in [2.45, 2.75) is 18.8 Å². The lowest BCUT2D eigenvalue weighted by Gasteiger charge is -2.08. The van der Waals surface area contributed by atoms with Crippen LogP contribution in [0.15, 0.2) is 30.9 Å². The minimum Gasteiger partial charge on any atom is -0.198 e. The Balaban J connectivity index is 2.88. The average molecular weight is 240 g/mol. The van der Waals surface area contributed by atoms with Crippen molar-refractivity contribution in [1.82, 2.24) is 0 Å². The van der Waals surface area contributed by atoms with Crippen molar-refractivity contribution >= 4 is 23.2 Å². The Morgan fingerprint density at radius 1 is 1.40 bits per heavy atom. The zero-order chi connectivity index (χ0) is 11.3. The zero-order valence-corrected chi connectivity index (χ0v) is 9.72. The molecule has 0 amide bonds. The van der Waals surface area contributed by atoms with Crippen molar-refractivity contribution < 1.29 is 0 Å². The van der Waals surface area contributed by atoms with Crippen LogP contribution >= 0.6 is 23.2 Å². The lowest BCUT2D eigenvalue weighted by atomic mass is 9.96. The average Bonchev–Trinajstić information content (AvgIpc) is 2.24. The van der Waals surface area contributed by atoms with Crippen LogP contribution in [0.3, 0.4) is 0 Å². The molecule has 0 saturated carbocycles. The third kappa shape index (κ3) is 3.27. The summed E-state index contributed by atoms with van der Waals surface area (Å²) >= 11 is 11.7. The number of benzene rings is 1. The molecule has 0 bridgehead atoms. The van der Waals surface area contributed by atoms with Crippen molar-refractivity contribution in [1.29, 1.82) is 5.26 Å². The Hall–Kier alpha value is -0.970. The molecule has 3 heteroatoms. The molecule has 0 fully saturated rings. The molecule has 0 aromatic heterocycles. The van der Waals surface area contributed by atoms with Crippen LogP contribution in [0.2, 0.25) is 10.0 Å². The van der Waals surface area contributed by atoms with E-state index in [1.807, 2.05) is 12.1 Å². The molecule has 1 aromatic carbocycles. The number of rotatable bonds is 4. The van der Waals surface area contributed by atoms with E-state index in [1.165, 1.54) is 0 Å². The van der Waals surface area contributed by atoms with E-state index in [9.17, 15) is 0 Å². The van der Waals surface area contributed by atoms with Gasteiger partial charge in [0.2, 0.25) is 0 Å². The van der Waals surface area contributed by atoms with Crippen LogP contribution in [-0.4, -0.2) is 0 Å². The Morgan fingerprint density at radius 2 is 2.13 bits per heavy atom. The van der Waals surface area contributed by atoms with Gasteiger partial charge in [-0.1, -0.05) is 35.3 Å². The van der Waals surface area contributed by atoms with Crippen molar-refractivity contribution in [2.24, 2.45) is 0 Å². The van der Waals surface area contributed by atoms with Gasteiger partial charge in [-0.2, -0.15) is 5.26 Å². The molecule has 0 aliphatic heterocycles. The van der Waals surface area contributed by atoms with Crippen LogP contribution in [0.1, 0.15) is 24.3 Å². The summed E-state index contributed by atoms with van der Waals surface area (Å²) in [5.74, 6) is -0.141. The van der Waals surface area contributed by atoms with Gasteiger partial charge in [0.05, 0.1) is 22.0 Å². The van der Waals surface area contributed by atoms with E-state index in [-0.39, 0.29) is 5.92 Å². The van der Waals surface area contributed by atoms with E-state index in [0.29, 0.717) is 10.0 Å². The summed E-state index contributed by atoms with van der Waals surface area (Å²) in [5, 5.41) is 10.0. The standard InChI is InChI=1S/C12H11Cl2N/c1-2-3-4-10(8-15)9-5-6-11(13)12(14)7-9/h2,5-7,10H,1,3-4H2. The summed E-state index contributed by atoms with van der Waals surface area (Å²) < 4.78 is 0. The lowest BCUT2D eigenvalue weighted by molar-refractivity contribution is 0.762. The molecule has 0 saturated heterocycles. The first-order chi connectivity index (χ1) is 7.19. The van der Waals surface area contributed by atoms with Crippen LogP contribution < -0.4 is 0 Å². The highest BCUT2D eigenvalue weighted by atomic mass is 35.5. The highest BCUT2D eigenvalue weighted by Gasteiger charge is 2.10. The predicted molar refractivity (Wildman–Crippen MR) is 64.2 cm³/mol. The molecule has 1 atom stereocenters. The predicted octanol–water partition coefficient (Wildman–Crippen LogP) is 4.57. The zero-order valence-electron chi connectivity index (χ0n) is 8.21. The quantitative estimate of drug-likeness (QED) is 0.707. The molecular weight excluding hydrogens is 229 g/mol. The molecule has 0 radical (unpaired) electrons. The number of hydrogen-bond acceptors (Lipinski definition) is 1. The molecule has 15 heavy (non-hydrogen) atoms. The molecular formula is C12H11Cl2N. The van der Waals surface area contributed by atoms with Gasteiger partial charge in [-0.25, -0.2) is 0 Å². The molecule has 0 aliphatic rings. The van der Waals surface area contributed by atoms with Crippen molar-refractivity contribution in [2.75, 3.05) is 0 Å². The van der Waals surface area contributed by atoms with Gasteiger partial charge in [0.15, 0.2) is 0 Å². The lowest BCUT2D eigenvalue weighted by Crippen LogP contribution is -1.95. The molecule has 1 unspecified atom stereocenters. The molecule has 1 nitrogen and oxygen atoms in total. The second-order valence-electron chi connectivity index (χ2n) is 3.22. The van der Waals surface area contributed by atoms with E-state index in [1.54, 1.807) is 12.1 Å². The number of nitrogens with zero attached hydrogens (tertiary/aromatic N) is 1. The fourth-order valence-corrected chi connectivity index (χ4v) is 1.63. The van der Waals surface area contributed by atoms with Crippen LogP contribution in [0, 0.1) is 11.3 Å². The van der Waals surface area contributed by atoms with Gasteiger partial charge in [0.25, 0.3) is 0 Å². The van der Waals surface area contributed by atoms with Gasteiger partial charge in [-0.3, -0.25) is 0 Å².